The van der Waals surface area contributed by atoms with Crippen molar-refractivity contribution in [1.82, 2.24) is 5.32 Å². The third-order valence-electron chi connectivity index (χ3n) is 3.67. The maximum atomic E-state index is 11.9. The number of amides is 1. The van der Waals surface area contributed by atoms with Crippen LogP contribution in [0.3, 0.4) is 0 Å². The van der Waals surface area contributed by atoms with Crippen LogP contribution in [-0.2, 0) is 29.1 Å². The third-order valence-corrected chi connectivity index (χ3v) is 3.67. The summed E-state index contributed by atoms with van der Waals surface area (Å²) in [5.41, 5.74) is 3.05. The molecule has 0 aliphatic heterocycles. The number of rotatable bonds is 9. The van der Waals surface area contributed by atoms with Crippen molar-refractivity contribution in [3.8, 4) is 11.8 Å². The summed E-state index contributed by atoms with van der Waals surface area (Å²) in [6.07, 6.45) is 0.569. The van der Waals surface area contributed by atoms with Gasteiger partial charge in [0.2, 0.25) is 0 Å². The Morgan fingerprint density at radius 2 is 1.65 bits per heavy atom. The molecular weight excluding hydrogens is 328 g/mol. The molecule has 0 aliphatic rings. The van der Waals surface area contributed by atoms with Crippen LogP contribution in [0.5, 0.6) is 5.75 Å². The highest BCUT2D eigenvalue weighted by Gasteiger charge is 2.04. The second kappa shape index (κ2) is 10.2. The minimum atomic E-state index is -0.182. The first-order valence-corrected chi connectivity index (χ1v) is 8.61. The SMILES string of the molecule is CC(C)OCc1ccc(CNC(=O)COc2ccc(CC#N)cc2)cc1. The van der Waals surface area contributed by atoms with E-state index in [9.17, 15) is 4.79 Å². The van der Waals surface area contributed by atoms with Crippen molar-refractivity contribution in [3.05, 3.63) is 65.2 Å². The lowest BCUT2D eigenvalue weighted by atomic mass is 10.1. The van der Waals surface area contributed by atoms with Crippen LogP contribution in [0.4, 0.5) is 0 Å². The van der Waals surface area contributed by atoms with Crippen LogP contribution in [0.25, 0.3) is 0 Å². The summed E-state index contributed by atoms with van der Waals surface area (Å²) in [6, 6.07) is 17.2. The maximum absolute atomic E-state index is 11.9. The summed E-state index contributed by atoms with van der Waals surface area (Å²) in [5, 5.41) is 11.5. The van der Waals surface area contributed by atoms with E-state index in [1.54, 1.807) is 12.1 Å². The quantitative estimate of drug-likeness (QED) is 0.751. The summed E-state index contributed by atoms with van der Waals surface area (Å²) < 4.78 is 11.0. The lowest BCUT2D eigenvalue weighted by Crippen LogP contribution is -2.28. The number of nitrogens with one attached hydrogen (secondary N) is 1. The lowest BCUT2D eigenvalue weighted by Gasteiger charge is -2.10. The summed E-state index contributed by atoms with van der Waals surface area (Å²) in [6.45, 7) is 5.01. The number of nitriles is 1. The van der Waals surface area contributed by atoms with Gasteiger partial charge in [0.15, 0.2) is 6.61 Å². The van der Waals surface area contributed by atoms with Gasteiger partial charge in [-0.3, -0.25) is 4.79 Å². The average Bonchev–Trinajstić information content (AvgIpc) is 2.65. The van der Waals surface area contributed by atoms with Crippen molar-refractivity contribution in [3.63, 3.8) is 0 Å². The molecule has 0 aromatic heterocycles. The molecule has 1 N–H and O–H groups in total. The Labute approximate surface area is 154 Å². The number of benzene rings is 2. The summed E-state index contributed by atoms with van der Waals surface area (Å²) in [4.78, 5) is 11.9. The molecule has 2 aromatic rings. The normalized spacial score (nSPS) is 10.4. The zero-order chi connectivity index (χ0) is 18.8. The first kappa shape index (κ1) is 19.5. The molecule has 0 radical (unpaired) electrons. The molecule has 0 unspecified atom stereocenters. The predicted octanol–water partition coefficient (Wildman–Crippen LogP) is 3.37. The Bertz CT molecular complexity index is 731. The Morgan fingerprint density at radius 1 is 1.04 bits per heavy atom. The fourth-order valence-electron chi connectivity index (χ4n) is 2.21. The van der Waals surface area contributed by atoms with E-state index in [-0.39, 0.29) is 18.6 Å². The molecule has 136 valence electrons. The molecule has 0 heterocycles. The minimum Gasteiger partial charge on any atom is -0.484 e. The summed E-state index contributed by atoms with van der Waals surface area (Å²) in [7, 11) is 0. The van der Waals surface area contributed by atoms with Crippen LogP contribution >= 0.6 is 0 Å². The molecule has 5 nitrogen and oxygen atoms in total. The van der Waals surface area contributed by atoms with Gasteiger partial charge in [0.05, 0.1) is 25.2 Å². The van der Waals surface area contributed by atoms with Crippen molar-refractivity contribution in [2.75, 3.05) is 6.61 Å². The van der Waals surface area contributed by atoms with Crippen molar-refractivity contribution in [1.29, 1.82) is 5.26 Å². The molecule has 2 aromatic carbocycles. The maximum Gasteiger partial charge on any atom is 0.258 e. The van der Waals surface area contributed by atoms with Gasteiger partial charge in [-0.2, -0.15) is 5.26 Å². The van der Waals surface area contributed by atoms with E-state index >= 15 is 0 Å². The molecule has 0 saturated carbocycles. The van der Waals surface area contributed by atoms with Crippen LogP contribution in [0, 0.1) is 11.3 Å². The smallest absolute Gasteiger partial charge is 0.258 e. The van der Waals surface area contributed by atoms with Crippen LogP contribution in [0.2, 0.25) is 0 Å². The van der Waals surface area contributed by atoms with Gasteiger partial charge in [0.25, 0.3) is 5.91 Å². The second-order valence-corrected chi connectivity index (χ2v) is 6.22. The van der Waals surface area contributed by atoms with Crippen LogP contribution < -0.4 is 10.1 Å². The fourth-order valence-corrected chi connectivity index (χ4v) is 2.21. The third kappa shape index (κ3) is 6.96. The van der Waals surface area contributed by atoms with Crippen LogP contribution in [-0.4, -0.2) is 18.6 Å². The topological polar surface area (TPSA) is 71.3 Å². The first-order valence-electron chi connectivity index (χ1n) is 8.61. The highest BCUT2D eigenvalue weighted by molar-refractivity contribution is 5.77. The predicted molar refractivity (Wildman–Crippen MR) is 99.5 cm³/mol. The summed E-state index contributed by atoms with van der Waals surface area (Å²) in [5.74, 6) is 0.426. The molecule has 0 fully saturated rings. The second-order valence-electron chi connectivity index (χ2n) is 6.22. The average molecular weight is 352 g/mol. The Kier molecular flexibility index (Phi) is 7.66. The van der Waals surface area contributed by atoms with Crippen molar-refractivity contribution in [2.24, 2.45) is 0 Å². The van der Waals surface area contributed by atoms with Gasteiger partial charge in [0, 0.05) is 6.54 Å². The molecule has 0 bridgehead atoms. The fraction of sp³-hybridized carbons (Fsp3) is 0.333. The number of carbonyl (C=O) groups excluding carboxylic acids is 1. The van der Waals surface area contributed by atoms with Crippen molar-refractivity contribution >= 4 is 5.91 Å². The highest BCUT2D eigenvalue weighted by Crippen LogP contribution is 2.12. The Balaban J connectivity index is 1.72. The highest BCUT2D eigenvalue weighted by atomic mass is 16.5. The molecule has 0 aliphatic carbocycles. The van der Waals surface area contributed by atoms with Gasteiger partial charge < -0.3 is 14.8 Å². The number of carbonyl (C=O) groups is 1. The number of hydrogen-bond acceptors (Lipinski definition) is 4. The van der Waals surface area contributed by atoms with Gasteiger partial charge in [-0.25, -0.2) is 0 Å². The lowest BCUT2D eigenvalue weighted by molar-refractivity contribution is -0.123. The molecule has 1 amide bonds. The number of nitrogens with zero attached hydrogens (tertiary/aromatic N) is 1. The van der Waals surface area contributed by atoms with E-state index in [1.807, 2.05) is 50.2 Å². The van der Waals surface area contributed by atoms with Crippen LogP contribution in [0.1, 0.15) is 30.5 Å². The van der Waals surface area contributed by atoms with E-state index in [0.717, 1.165) is 16.7 Å². The van der Waals surface area contributed by atoms with E-state index in [1.165, 1.54) is 0 Å². The van der Waals surface area contributed by atoms with Gasteiger partial charge in [-0.1, -0.05) is 36.4 Å². The van der Waals surface area contributed by atoms with E-state index in [2.05, 4.69) is 11.4 Å². The molecule has 0 saturated heterocycles. The van der Waals surface area contributed by atoms with E-state index in [0.29, 0.717) is 25.3 Å². The molecule has 5 heteroatoms. The first-order chi connectivity index (χ1) is 12.6. The minimum absolute atomic E-state index is 0.0437. The monoisotopic (exact) mass is 352 g/mol. The Morgan fingerprint density at radius 3 is 2.27 bits per heavy atom. The molecule has 2 rings (SSSR count). The number of ether oxygens (including phenoxy) is 2. The van der Waals surface area contributed by atoms with Crippen LogP contribution in [0.15, 0.2) is 48.5 Å². The molecule has 0 atom stereocenters. The van der Waals surface area contributed by atoms with Gasteiger partial charge in [-0.05, 0) is 42.7 Å². The number of hydrogen-bond donors (Lipinski definition) is 1. The zero-order valence-electron chi connectivity index (χ0n) is 15.2. The zero-order valence-corrected chi connectivity index (χ0v) is 15.2. The largest absolute Gasteiger partial charge is 0.484 e. The van der Waals surface area contributed by atoms with Gasteiger partial charge in [0.1, 0.15) is 5.75 Å². The van der Waals surface area contributed by atoms with Crippen molar-refractivity contribution in [2.45, 2.75) is 39.5 Å². The van der Waals surface area contributed by atoms with Crippen molar-refractivity contribution < 1.29 is 14.3 Å². The Hall–Kier alpha value is -2.84. The summed E-state index contributed by atoms with van der Waals surface area (Å²) >= 11 is 0. The van der Waals surface area contributed by atoms with E-state index < -0.39 is 0 Å². The molecular formula is C21H24N2O3. The van der Waals surface area contributed by atoms with Gasteiger partial charge in [-0.15, -0.1) is 0 Å². The molecule has 0 spiro atoms. The van der Waals surface area contributed by atoms with E-state index in [4.69, 9.17) is 14.7 Å². The van der Waals surface area contributed by atoms with Gasteiger partial charge >= 0.3 is 0 Å². The standard InChI is InChI=1S/C21H24N2O3/c1-16(2)25-14-19-5-3-18(4-6-19)13-23-21(24)15-26-20-9-7-17(8-10-20)11-12-22/h3-10,16H,11,13-15H2,1-2H3,(H,23,24). The molecule has 26 heavy (non-hydrogen) atoms.